The number of nitrogens with zero attached hydrogens (tertiary/aromatic N) is 3. The Bertz CT molecular complexity index is 2230. The van der Waals surface area contributed by atoms with Crippen LogP contribution in [0.2, 0.25) is 15.1 Å². The molecule has 9 nitrogen and oxygen atoms in total. The first-order valence-corrected chi connectivity index (χ1v) is 18.8. The molecule has 0 spiro atoms. The lowest BCUT2D eigenvalue weighted by Gasteiger charge is -2.34. The Balaban J connectivity index is 1.37. The largest absolute Gasteiger partial charge is 0.491 e. The van der Waals surface area contributed by atoms with Crippen LogP contribution in [0.1, 0.15) is 41.9 Å². The van der Waals surface area contributed by atoms with Crippen molar-refractivity contribution in [2.45, 2.75) is 31.8 Å². The Morgan fingerprint density at radius 3 is 2.45 bits per heavy atom. The van der Waals surface area contributed by atoms with Gasteiger partial charge in [-0.2, -0.15) is 0 Å². The number of amides is 1. The summed E-state index contributed by atoms with van der Waals surface area (Å²) < 4.78 is 13.3. The first-order chi connectivity index (χ1) is 25.7. The monoisotopic (exact) mass is 770 g/mol. The van der Waals surface area contributed by atoms with Gasteiger partial charge in [0.15, 0.2) is 0 Å². The highest BCUT2D eigenvalue weighted by Gasteiger charge is 2.29. The third-order valence-corrected chi connectivity index (χ3v) is 10.7. The van der Waals surface area contributed by atoms with E-state index in [2.05, 4.69) is 32.0 Å². The van der Waals surface area contributed by atoms with E-state index < -0.39 is 0 Å². The topological polar surface area (TPSA) is 96.4 Å². The summed E-state index contributed by atoms with van der Waals surface area (Å²) in [5.41, 5.74) is 6.56. The van der Waals surface area contributed by atoms with Crippen molar-refractivity contribution in [2.24, 2.45) is 0 Å². The zero-order valence-electron chi connectivity index (χ0n) is 29.8. The summed E-state index contributed by atoms with van der Waals surface area (Å²) in [6.45, 7) is 4.57. The SMILES string of the molecule is CNC1CCN(c2ccc(OCCOC)cc2NC(=O)c2[nH]c3cc(Cl)ccc3c2-c2c(-c3ccccc3)ncn2C(C)c2ccc(Cl)cc2Cl)CC1. The molecule has 1 aliphatic heterocycles. The summed E-state index contributed by atoms with van der Waals surface area (Å²) in [7, 11) is 3.64. The Morgan fingerprint density at radius 2 is 1.72 bits per heavy atom. The molecule has 1 atom stereocenters. The standard InChI is InChI=1S/C41H41Cl3N6O3/c1-25(31-12-9-27(42)21-33(31)44)50-24-46-38(26-7-5-4-6-8-26)40(50)37-32-13-10-28(43)22-34(32)47-39(37)41(51)48-35-23-30(53-20-19-52-3)11-14-36(35)49-17-15-29(45-2)16-18-49/h4-14,21-25,29,45,47H,15-20H2,1-3H3,(H,48,51). The van der Waals surface area contributed by atoms with E-state index in [-0.39, 0.29) is 11.9 Å². The zero-order valence-corrected chi connectivity index (χ0v) is 32.0. The van der Waals surface area contributed by atoms with Gasteiger partial charge >= 0.3 is 0 Å². The molecular weight excluding hydrogens is 731 g/mol. The molecule has 1 aliphatic rings. The maximum atomic E-state index is 14.9. The molecule has 1 unspecified atom stereocenters. The molecule has 3 N–H and O–H groups in total. The van der Waals surface area contributed by atoms with E-state index in [1.807, 2.05) is 85.9 Å². The minimum atomic E-state index is -0.323. The van der Waals surface area contributed by atoms with E-state index in [4.69, 9.17) is 49.3 Å². The van der Waals surface area contributed by atoms with Crippen molar-refractivity contribution in [1.82, 2.24) is 19.9 Å². The Labute approximate surface area is 324 Å². The van der Waals surface area contributed by atoms with E-state index in [0.29, 0.717) is 68.2 Å². The van der Waals surface area contributed by atoms with Crippen LogP contribution < -0.4 is 20.3 Å². The van der Waals surface area contributed by atoms with Crippen LogP contribution in [0.4, 0.5) is 11.4 Å². The van der Waals surface area contributed by atoms with Gasteiger partial charge in [-0.3, -0.25) is 4.79 Å². The third-order valence-electron chi connectivity index (χ3n) is 9.91. The van der Waals surface area contributed by atoms with Crippen LogP contribution in [0.15, 0.2) is 91.3 Å². The Kier molecular flexibility index (Phi) is 11.3. The molecule has 6 aromatic rings. The van der Waals surface area contributed by atoms with Crippen molar-refractivity contribution in [3.63, 3.8) is 0 Å². The number of carbonyl (C=O) groups excluding carboxylic acids is 1. The number of hydrogen-bond acceptors (Lipinski definition) is 6. The first kappa shape index (κ1) is 36.8. The molecule has 1 saturated heterocycles. The first-order valence-electron chi connectivity index (χ1n) is 17.6. The van der Waals surface area contributed by atoms with Gasteiger partial charge in [-0.05, 0) is 68.8 Å². The summed E-state index contributed by atoms with van der Waals surface area (Å²) in [5, 5.41) is 9.12. The quantitative estimate of drug-likeness (QED) is 0.107. The number of methoxy groups -OCH3 is 1. The van der Waals surface area contributed by atoms with Crippen molar-refractivity contribution >= 4 is 63.0 Å². The molecule has 0 radical (unpaired) electrons. The number of aromatic amines is 1. The summed E-state index contributed by atoms with van der Waals surface area (Å²) in [5.74, 6) is 0.310. The van der Waals surface area contributed by atoms with Gasteiger partial charge in [0.1, 0.15) is 18.1 Å². The van der Waals surface area contributed by atoms with E-state index in [1.54, 1.807) is 19.5 Å². The lowest BCUT2D eigenvalue weighted by atomic mass is 9.99. The number of rotatable bonds is 12. The number of anilines is 2. The van der Waals surface area contributed by atoms with Gasteiger partial charge in [-0.15, -0.1) is 0 Å². The Hall–Kier alpha value is -4.51. The second kappa shape index (κ2) is 16.2. The Morgan fingerprint density at radius 1 is 0.962 bits per heavy atom. The van der Waals surface area contributed by atoms with Crippen molar-refractivity contribution in [3.05, 3.63) is 118 Å². The molecule has 0 saturated carbocycles. The highest BCUT2D eigenvalue weighted by Crippen LogP contribution is 2.43. The van der Waals surface area contributed by atoms with Gasteiger partial charge in [0.05, 0.1) is 41.7 Å². The highest BCUT2D eigenvalue weighted by molar-refractivity contribution is 6.35. The van der Waals surface area contributed by atoms with Gasteiger partial charge in [-0.1, -0.05) is 77.3 Å². The van der Waals surface area contributed by atoms with E-state index in [0.717, 1.165) is 53.8 Å². The van der Waals surface area contributed by atoms with E-state index >= 15 is 0 Å². The molecule has 12 heteroatoms. The number of hydrogen-bond donors (Lipinski definition) is 3. The smallest absolute Gasteiger partial charge is 0.272 e. The average molecular weight is 772 g/mol. The predicted molar refractivity (Wildman–Crippen MR) is 216 cm³/mol. The van der Waals surface area contributed by atoms with Gasteiger partial charge in [0, 0.05) is 69.4 Å². The maximum Gasteiger partial charge on any atom is 0.272 e. The second-order valence-electron chi connectivity index (χ2n) is 13.1. The van der Waals surface area contributed by atoms with Crippen LogP contribution in [-0.2, 0) is 4.74 Å². The number of carbonyl (C=O) groups is 1. The molecule has 1 amide bonds. The molecule has 0 bridgehead atoms. The number of imidazole rings is 1. The minimum absolute atomic E-state index is 0.277. The van der Waals surface area contributed by atoms with Crippen LogP contribution in [-0.4, -0.2) is 66.9 Å². The number of aromatic nitrogens is 3. The molecule has 7 rings (SSSR count). The lowest BCUT2D eigenvalue weighted by molar-refractivity contribution is 0.102. The van der Waals surface area contributed by atoms with Crippen molar-refractivity contribution < 1.29 is 14.3 Å². The summed E-state index contributed by atoms with van der Waals surface area (Å²) >= 11 is 19.6. The van der Waals surface area contributed by atoms with E-state index in [9.17, 15) is 4.79 Å². The van der Waals surface area contributed by atoms with Crippen LogP contribution in [0, 0.1) is 0 Å². The zero-order chi connectivity index (χ0) is 37.1. The average Bonchev–Trinajstić information content (AvgIpc) is 3.77. The fraction of sp³-hybridized carbons (Fsp3) is 0.268. The molecule has 1 fully saturated rings. The number of piperidine rings is 1. The highest BCUT2D eigenvalue weighted by atomic mass is 35.5. The van der Waals surface area contributed by atoms with Crippen LogP contribution in [0.5, 0.6) is 5.75 Å². The summed E-state index contributed by atoms with van der Waals surface area (Å²) in [6, 6.07) is 27.1. The second-order valence-corrected chi connectivity index (χ2v) is 14.4. The lowest BCUT2D eigenvalue weighted by Crippen LogP contribution is -2.41. The minimum Gasteiger partial charge on any atom is -0.491 e. The third kappa shape index (κ3) is 7.77. The summed E-state index contributed by atoms with van der Waals surface area (Å²) in [4.78, 5) is 25.6. The number of fused-ring (bicyclic) bond motifs is 1. The number of ether oxygens (including phenoxy) is 2. The van der Waals surface area contributed by atoms with Gasteiger partial charge in [0.25, 0.3) is 5.91 Å². The van der Waals surface area contributed by atoms with E-state index in [1.165, 1.54) is 0 Å². The molecule has 4 aromatic carbocycles. The molecule has 53 heavy (non-hydrogen) atoms. The summed E-state index contributed by atoms with van der Waals surface area (Å²) in [6.07, 6.45) is 3.79. The number of H-pyrrole nitrogens is 1. The predicted octanol–water partition coefficient (Wildman–Crippen LogP) is 9.73. The normalized spacial score (nSPS) is 14.1. The molecule has 3 heterocycles. The van der Waals surface area contributed by atoms with Crippen molar-refractivity contribution in [2.75, 3.05) is 50.7 Å². The fourth-order valence-corrected chi connectivity index (χ4v) is 7.84. The fourth-order valence-electron chi connectivity index (χ4n) is 7.10. The van der Waals surface area contributed by atoms with Crippen LogP contribution in [0.25, 0.3) is 33.4 Å². The number of nitrogens with one attached hydrogen (secondary N) is 3. The molecule has 274 valence electrons. The van der Waals surface area contributed by atoms with Crippen molar-refractivity contribution in [3.8, 4) is 28.3 Å². The van der Waals surface area contributed by atoms with Gasteiger partial charge < -0.3 is 34.6 Å². The number of halogens is 3. The van der Waals surface area contributed by atoms with Gasteiger partial charge in [0.2, 0.25) is 0 Å². The molecule has 2 aromatic heterocycles. The van der Waals surface area contributed by atoms with Crippen LogP contribution >= 0.6 is 34.8 Å². The molecule has 0 aliphatic carbocycles. The van der Waals surface area contributed by atoms with Crippen LogP contribution in [0.3, 0.4) is 0 Å². The maximum absolute atomic E-state index is 14.9. The molecular formula is C41H41Cl3N6O3. The van der Waals surface area contributed by atoms with Gasteiger partial charge in [-0.25, -0.2) is 4.98 Å². The van der Waals surface area contributed by atoms with Crippen molar-refractivity contribution in [1.29, 1.82) is 0 Å². The number of benzene rings is 4.